The van der Waals surface area contributed by atoms with Crippen LogP contribution in [-0.2, 0) is 0 Å². The van der Waals surface area contributed by atoms with Gasteiger partial charge in [-0.05, 0) is 44.9 Å². The van der Waals surface area contributed by atoms with Crippen LogP contribution in [0.3, 0.4) is 0 Å². The van der Waals surface area contributed by atoms with Crippen LogP contribution in [0.15, 0.2) is 42.2 Å². The Labute approximate surface area is 108 Å². The van der Waals surface area contributed by atoms with E-state index in [-0.39, 0.29) is 0 Å². The van der Waals surface area contributed by atoms with E-state index in [0.717, 1.165) is 0 Å². The molecule has 2 aromatic heterocycles. The van der Waals surface area contributed by atoms with Gasteiger partial charge in [0.15, 0.2) is 0 Å². The maximum absolute atomic E-state index is 4.43. The van der Waals surface area contributed by atoms with E-state index in [4.69, 9.17) is 0 Å². The van der Waals surface area contributed by atoms with Crippen LogP contribution in [0.2, 0.25) is 0 Å². The van der Waals surface area contributed by atoms with Gasteiger partial charge >= 0.3 is 0 Å². The summed E-state index contributed by atoms with van der Waals surface area (Å²) in [5.41, 5.74) is 4.00. The van der Waals surface area contributed by atoms with Crippen molar-refractivity contribution in [2.45, 2.75) is 31.7 Å². The first-order valence-corrected chi connectivity index (χ1v) is 6.68. The normalized spacial score (nSPS) is 17.7. The van der Waals surface area contributed by atoms with E-state index in [0.29, 0.717) is 6.04 Å². The SMILES string of the molecule is CNC(C1=CCCCC1)c1cnn2ccccc12. The van der Waals surface area contributed by atoms with E-state index < -0.39 is 0 Å². The molecule has 3 heteroatoms. The highest BCUT2D eigenvalue weighted by molar-refractivity contribution is 5.56. The van der Waals surface area contributed by atoms with Gasteiger partial charge in [-0.25, -0.2) is 4.52 Å². The number of hydrogen-bond acceptors (Lipinski definition) is 2. The Bertz CT molecular complexity index is 568. The highest BCUT2D eigenvalue weighted by atomic mass is 15.2. The van der Waals surface area contributed by atoms with Gasteiger partial charge in [0.05, 0.1) is 17.8 Å². The summed E-state index contributed by atoms with van der Waals surface area (Å²) in [5, 5.41) is 7.88. The van der Waals surface area contributed by atoms with Gasteiger partial charge in [0, 0.05) is 11.8 Å². The van der Waals surface area contributed by atoms with Crippen LogP contribution in [0, 0.1) is 0 Å². The minimum Gasteiger partial charge on any atom is -0.309 e. The first kappa shape index (κ1) is 11.5. The number of likely N-dealkylation sites (N-methyl/N-ethyl adjacent to an activating group) is 1. The smallest absolute Gasteiger partial charge is 0.0712 e. The Balaban J connectivity index is 2.03. The van der Waals surface area contributed by atoms with Crippen molar-refractivity contribution >= 4 is 5.52 Å². The third kappa shape index (κ3) is 1.95. The summed E-state index contributed by atoms with van der Waals surface area (Å²) < 4.78 is 1.95. The Morgan fingerprint density at radius 1 is 1.33 bits per heavy atom. The minimum absolute atomic E-state index is 0.310. The Morgan fingerprint density at radius 3 is 3.06 bits per heavy atom. The van der Waals surface area contributed by atoms with Gasteiger partial charge in [-0.2, -0.15) is 5.10 Å². The number of fused-ring (bicyclic) bond motifs is 1. The second kappa shape index (κ2) is 4.94. The van der Waals surface area contributed by atoms with E-state index in [9.17, 15) is 0 Å². The number of hydrogen-bond donors (Lipinski definition) is 1. The van der Waals surface area contributed by atoms with Crippen LogP contribution in [-0.4, -0.2) is 16.7 Å². The van der Waals surface area contributed by atoms with Crippen molar-refractivity contribution in [1.29, 1.82) is 0 Å². The van der Waals surface area contributed by atoms with E-state index >= 15 is 0 Å². The zero-order valence-electron chi connectivity index (χ0n) is 10.8. The highest BCUT2D eigenvalue weighted by Crippen LogP contribution is 2.31. The molecule has 0 amide bonds. The number of allylic oxidation sites excluding steroid dienone is 1. The Hall–Kier alpha value is -1.61. The lowest BCUT2D eigenvalue weighted by molar-refractivity contribution is 0.595. The molecule has 1 unspecified atom stereocenters. The van der Waals surface area contributed by atoms with Crippen LogP contribution in [0.25, 0.3) is 5.52 Å². The van der Waals surface area contributed by atoms with Crippen molar-refractivity contribution < 1.29 is 0 Å². The summed E-state index contributed by atoms with van der Waals surface area (Å²) in [6, 6.07) is 6.53. The summed E-state index contributed by atoms with van der Waals surface area (Å²) >= 11 is 0. The standard InChI is InChI=1S/C15H19N3/c1-16-15(12-7-3-2-4-8-12)13-11-17-18-10-6-5-9-14(13)18/h5-7,9-11,15-16H,2-4,8H2,1H3. The van der Waals surface area contributed by atoms with E-state index in [1.165, 1.54) is 42.3 Å². The van der Waals surface area contributed by atoms with Crippen LogP contribution in [0.5, 0.6) is 0 Å². The Kier molecular flexibility index (Phi) is 3.15. The summed E-state index contributed by atoms with van der Waals surface area (Å²) in [5.74, 6) is 0. The van der Waals surface area contributed by atoms with Gasteiger partial charge in [0.2, 0.25) is 0 Å². The van der Waals surface area contributed by atoms with E-state index in [1.54, 1.807) is 0 Å². The molecule has 0 aliphatic heterocycles. The molecule has 1 atom stereocenters. The molecule has 94 valence electrons. The molecule has 0 saturated heterocycles. The molecule has 0 spiro atoms. The molecule has 3 rings (SSSR count). The van der Waals surface area contributed by atoms with Gasteiger partial charge < -0.3 is 5.32 Å². The molecule has 0 aromatic carbocycles. The van der Waals surface area contributed by atoms with Crippen LogP contribution < -0.4 is 5.32 Å². The van der Waals surface area contributed by atoms with Gasteiger partial charge in [0.25, 0.3) is 0 Å². The second-order valence-corrected chi connectivity index (χ2v) is 4.88. The summed E-state index contributed by atoms with van der Waals surface area (Å²) in [4.78, 5) is 0. The number of aromatic nitrogens is 2. The number of rotatable bonds is 3. The first-order chi connectivity index (χ1) is 8.90. The second-order valence-electron chi connectivity index (χ2n) is 4.88. The van der Waals surface area contributed by atoms with Crippen molar-refractivity contribution in [1.82, 2.24) is 14.9 Å². The molecule has 0 bridgehead atoms. The molecule has 0 fully saturated rings. The number of pyridine rings is 1. The van der Waals surface area contributed by atoms with Crippen LogP contribution >= 0.6 is 0 Å². The average molecular weight is 241 g/mol. The van der Waals surface area contributed by atoms with E-state index in [2.05, 4.69) is 28.6 Å². The molecular formula is C15H19N3. The predicted octanol–water partition coefficient (Wildman–Crippen LogP) is 3.10. The Morgan fingerprint density at radius 2 is 2.28 bits per heavy atom. The van der Waals surface area contributed by atoms with Crippen molar-refractivity contribution in [3.8, 4) is 0 Å². The first-order valence-electron chi connectivity index (χ1n) is 6.68. The van der Waals surface area contributed by atoms with Crippen molar-refractivity contribution in [3.63, 3.8) is 0 Å². The minimum atomic E-state index is 0.310. The molecule has 1 N–H and O–H groups in total. The number of nitrogens with one attached hydrogen (secondary N) is 1. The third-order valence-electron chi connectivity index (χ3n) is 3.75. The van der Waals surface area contributed by atoms with Crippen molar-refractivity contribution in [2.75, 3.05) is 7.05 Å². The van der Waals surface area contributed by atoms with Gasteiger partial charge in [-0.1, -0.05) is 17.7 Å². The lowest BCUT2D eigenvalue weighted by Crippen LogP contribution is -2.19. The molecule has 18 heavy (non-hydrogen) atoms. The zero-order valence-corrected chi connectivity index (χ0v) is 10.8. The molecule has 2 aromatic rings. The lowest BCUT2D eigenvalue weighted by Gasteiger charge is -2.22. The fourth-order valence-electron chi connectivity index (χ4n) is 2.84. The van der Waals surface area contributed by atoms with Crippen molar-refractivity contribution in [2.24, 2.45) is 0 Å². The largest absolute Gasteiger partial charge is 0.309 e. The summed E-state index contributed by atoms with van der Waals surface area (Å²) in [7, 11) is 2.03. The molecule has 1 aliphatic rings. The van der Waals surface area contributed by atoms with Crippen molar-refractivity contribution in [3.05, 3.63) is 47.8 Å². The fourth-order valence-corrected chi connectivity index (χ4v) is 2.84. The molecule has 0 radical (unpaired) electrons. The van der Waals surface area contributed by atoms with Gasteiger partial charge in [-0.15, -0.1) is 0 Å². The third-order valence-corrected chi connectivity index (χ3v) is 3.75. The average Bonchev–Trinajstić information content (AvgIpc) is 2.85. The van der Waals surface area contributed by atoms with Crippen LogP contribution in [0.4, 0.5) is 0 Å². The predicted molar refractivity (Wildman–Crippen MR) is 73.5 cm³/mol. The maximum atomic E-state index is 4.43. The number of nitrogens with zero attached hydrogens (tertiary/aromatic N) is 2. The maximum Gasteiger partial charge on any atom is 0.0712 e. The quantitative estimate of drug-likeness (QED) is 0.837. The lowest BCUT2D eigenvalue weighted by atomic mass is 9.90. The summed E-state index contributed by atoms with van der Waals surface area (Å²) in [6.45, 7) is 0. The topological polar surface area (TPSA) is 29.3 Å². The zero-order chi connectivity index (χ0) is 12.4. The molecule has 3 nitrogen and oxygen atoms in total. The molecule has 2 heterocycles. The molecule has 1 aliphatic carbocycles. The fraction of sp³-hybridized carbons (Fsp3) is 0.400. The monoisotopic (exact) mass is 241 g/mol. The molecule has 0 saturated carbocycles. The highest BCUT2D eigenvalue weighted by Gasteiger charge is 2.19. The van der Waals surface area contributed by atoms with Gasteiger partial charge in [0.1, 0.15) is 0 Å². The van der Waals surface area contributed by atoms with E-state index in [1.807, 2.05) is 30.0 Å². The van der Waals surface area contributed by atoms with Gasteiger partial charge in [-0.3, -0.25) is 0 Å². The van der Waals surface area contributed by atoms with Crippen LogP contribution in [0.1, 0.15) is 37.3 Å². The molecular weight excluding hydrogens is 222 g/mol. The summed E-state index contributed by atoms with van der Waals surface area (Å²) in [6.07, 6.45) is 11.4.